The molecule has 1 aromatic rings. The van der Waals surface area contributed by atoms with E-state index < -0.39 is 17.8 Å². The van der Waals surface area contributed by atoms with E-state index in [-0.39, 0.29) is 35.6 Å². The number of nitrogens with zero attached hydrogens (tertiary/aromatic N) is 1. The van der Waals surface area contributed by atoms with Gasteiger partial charge in [0.15, 0.2) is 0 Å². The molecule has 0 fully saturated rings. The summed E-state index contributed by atoms with van der Waals surface area (Å²) < 4.78 is 0. The summed E-state index contributed by atoms with van der Waals surface area (Å²) in [7, 11) is 1.46. The number of carboxylic acids is 1. The first kappa shape index (κ1) is 13.7. The highest BCUT2D eigenvalue weighted by Crippen LogP contribution is 2.24. The van der Waals surface area contributed by atoms with Gasteiger partial charge in [0.05, 0.1) is 16.7 Å². The van der Waals surface area contributed by atoms with Gasteiger partial charge < -0.3 is 10.4 Å². The van der Waals surface area contributed by atoms with Crippen LogP contribution in [0.25, 0.3) is 0 Å². The zero-order valence-electron chi connectivity index (χ0n) is 10.7. The van der Waals surface area contributed by atoms with E-state index in [1.807, 2.05) is 0 Å². The fourth-order valence-electron chi connectivity index (χ4n) is 1.97. The fourth-order valence-corrected chi connectivity index (χ4v) is 1.97. The van der Waals surface area contributed by atoms with Crippen LogP contribution in [0.15, 0.2) is 18.2 Å². The predicted molar refractivity (Wildman–Crippen MR) is 67.5 cm³/mol. The molecule has 0 bridgehead atoms. The number of aromatic carboxylic acids is 1. The van der Waals surface area contributed by atoms with Crippen LogP contribution in [0.2, 0.25) is 0 Å². The molecule has 0 aromatic heterocycles. The fraction of sp³-hybridized carbons (Fsp3) is 0.231. The Morgan fingerprint density at radius 1 is 1.20 bits per heavy atom. The van der Waals surface area contributed by atoms with Gasteiger partial charge in [-0.3, -0.25) is 19.3 Å². The third kappa shape index (κ3) is 2.25. The summed E-state index contributed by atoms with van der Waals surface area (Å²) >= 11 is 0. The lowest BCUT2D eigenvalue weighted by molar-refractivity contribution is -0.120. The van der Waals surface area contributed by atoms with Crippen molar-refractivity contribution in [1.82, 2.24) is 10.2 Å². The average molecular weight is 276 g/mol. The molecular weight excluding hydrogens is 264 g/mol. The molecule has 1 aromatic carbocycles. The maximum absolute atomic E-state index is 12.1. The van der Waals surface area contributed by atoms with E-state index in [2.05, 4.69) is 5.32 Å². The minimum atomic E-state index is -1.17. The molecule has 7 heteroatoms. The van der Waals surface area contributed by atoms with Crippen molar-refractivity contribution in [3.05, 3.63) is 34.9 Å². The van der Waals surface area contributed by atoms with E-state index in [1.165, 1.54) is 25.2 Å². The molecule has 1 aliphatic heterocycles. The Morgan fingerprint density at radius 2 is 1.85 bits per heavy atom. The molecule has 20 heavy (non-hydrogen) atoms. The largest absolute Gasteiger partial charge is 0.478 e. The number of rotatable bonds is 4. The molecule has 104 valence electrons. The van der Waals surface area contributed by atoms with Crippen LogP contribution in [0.5, 0.6) is 0 Å². The van der Waals surface area contributed by atoms with Gasteiger partial charge in [-0.2, -0.15) is 0 Å². The van der Waals surface area contributed by atoms with E-state index in [1.54, 1.807) is 0 Å². The predicted octanol–water partition coefficient (Wildman–Crippen LogP) is 0.117. The zero-order valence-corrected chi connectivity index (χ0v) is 10.7. The number of imide groups is 1. The Kier molecular flexibility index (Phi) is 3.51. The monoisotopic (exact) mass is 276 g/mol. The van der Waals surface area contributed by atoms with Crippen molar-refractivity contribution >= 4 is 23.7 Å². The Morgan fingerprint density at radius 3 is 2.45 bits per heavy atom. The number of nitrogens with one attached hydrogen (secondary N) is 1. The number of carbonyl (C=O) groups excluding carboxylic acids is 3. The second-order valence-corrected chi connectivity index (χ2v) is 4.25. The molecule has 7 nitrogen and oxygen atoms in total. The first-order valence-electron chi connectivity index (χ1n) is 5.90. The Balaban J connectivity index is 2.26. The van der Waals surface area contributed by atoms with Crippen LogP contribution in [-0.4, -0.2) is 47.3 Å². The molecule has 0 unspecified atom stereocenters. The van der Waals surface area contributed by atoms with Gasteiger partial charge in [-0.05, 0) is 18.2 Å². The molecule has 0 saturated carbocycles. The van der Waals surface area contributed by atoms with Crippen molar-refractivity contribution in [3.63, 3.8) is 0 Å². The first-order chi connectivity index (χ1) is 9.45. The zero-order chi connectivity index (χ0) is 14.9. The van der Waals surface area contributed by atoms with Crippen LogP contribution >= 0.6 is 0 Å². The van der Waals surface area contributed by atoms with Crippen molar-refractivity contribution in [1.29, 1.82) is 0 Å². The van der Waals surface area contributed by atoms with Gasteiger partial charge >= 0.3 is 5.97 Å². The molecule has 0 aliphatic carbocycles. The van der Waals surface area contributed by atoms with Crippen LogP contribution in [0, 0.1) is 0 Å². The van der Waals surface area contributed by atoms with Crippen molar-refractivity contribution < 1.29 is 24.3 Å². The Hall–Kier alpha value is -2.70. The van der Waals surface area contributed by atoms with E-state index in [0.29, 0.717) is 0 Å². The molecule has 2 rings (SSSR count). The highest BCUT2D eigenvalue weighted by molar-refractivity contribution is 6.22. The van der Waals surface area contributed by atoms with Gasteiger partial charge in [0.1, 0.15) is 0 Å². The number of hydrogen-bond acceptors (Lipinski definition) is 4. The van der Waals surface area contributed by atoms with Gasteiger partial charge in [-0.25, -0.2) is 4.79 Å². The number of carbonyl (C=O) groups is 4. The molecule has 1 heterocycles. The molecular formula is C13H12N2O5. The highest BCUT2D eigenvalue weighted by Gasteiger charge is 2.35. The minimum absolute atomic E-state index is 0.00769. The van der Waals surface area contributed by atoms with Crippen LogP contribution < -0.4 is 5.32 Å². The lowest BCUT2D eigenvalue weighted by Gasteiger charge is -2.12. The van der Waals surface area contributed by atoms with Gasteiger partial charge in [0, 0.05) is 20.0 Å². The van der Waals surface area contributed by atoms with E-state index in [0.717, 1.165) is 4.90 Å². The summed E-state index contributed by atoms with van der Waals surface area (Å²) in [6.07, 6.45) is 0.00769. The maximum atomic E-state index is 12.1. The number of hydrogen-bond donors (Lipinski definition) is 2. The van der Waals surface area contributed by atoms with Crippen LogP contribution in [-0.2, 0) is 4.79 Å². The van der Waals surface area contributed by atoms with Gasteiger partial charge in [0.2, 0.25) is 5.91 Å². The number of benzene rings is 1. The molecule has 2 N–H and O–H groups in total. The lowest BCUT2D eigenvalue weighted by atomic mass is 10.1. The SMILES string of the molecule is CNC(=O)CCN1C(=O)c2ccc(C(=O)O)cc2C1=O. The van der Waals surface area contributed by atoms with Gasteiger partial charge in [0.25, 0.3) is 11.8 Å². The van der Waals surface area contributed by atoms with Crippen LogP contribution in [0.1, 0.15) is 37.5 Å². The molecule has 0 atom stereocenters. The second-order valence-electron chi connectivity index (χ2n) is 4.25. The standard InChI is InChI=1S/C13H12N2O5/c1-14-10(16)4-5-15-11(17)8-3-2-7(13(19)20)6-9(8)12(15)18/h2-3,6H,4-5H2,1H3,(H,14,16)(H,19,20). The molecule has 3 amide bonds. The van der Waals surface area contributed by atoms with Crippen molar-refractivity contribution in [2.45, 2.75) is 6.42 Å². The van der Waals surface area contributed by atoms with Crippen molar-refractivity contribution in [3.8, 4) is 0 Å². The quantitative estimate of drug-likeness (QED) is 0.760. The number of amides is 3. The summed E-state index contributed by atoms with van der Waals surface area (Å²) in [5, 5.41) is 11.3. The first-order valence-corrected chi connectivity index (χ1v) is 5.90. The third-order valence-corrected chi connectivity index (χ3v) is 3.06. The van der Waals surface area contributed by atoms with Crippen molar-refractivity contribution in [2.24, 2.45) is 0 Å². The summed E-state index contributed by atoms with van der Waals surface area (Å²) in [5.41, 5.74) is 0.168. The lowest BCUT2D eigenvalue weighted by Crippen LogP contribution is -2.33. The third-order valence-electron chi connectivity index (χ3n) is 3.06. The molecule has 1 aliphatic rings. The highest BCUT2D eigenvalue weighted by atomic mass is 16.4. The summed E-state index contributed by atoms with van der Waals surface area (Å²) in [5.74, 6) is -2.53. The second kappa shape index (κ2) is 5.12. The minimum Gasteiger partial charge on any atom is -0.478 e. The Labute approximate surface area is 114 Å². The summed E-state index contributed by atoms with van der Waals surface area (Å²) in [6, 6.07) is 3.77. The van der Waals surface area contributed by atoms with E-state index >= 15 is 0 Å². The number of fused-ring (bicyclic) bond motifs is 1. The summed E-state index contributed by atoms with van der Waals surface area (Å²) in [6.45, 7) is -0.0333. The molecule has 0 radical (unpaired) electrons. The topological polar surface area (TPSA) is 104 Å². The van der Waals surface area contributed by atoms with E-state index in [4.69, 9.17) is 5.11 Å². The van der Waals surface area contributed by atoms with Crippen LogP contribution in [0.4, 0.5) is 0 Å². The maximum Gasteiger partial charge on any atom is 0.335 e. The number of carboxylic acid groups (broad SMARTS) is 1. The normalized spacial score (nSPS) is 13.3. The van der Waals surface area contributed by atoms with Crippen LogP contribution in [0.3, 0.4) is 0 Å². The summed E-state index contributed by atoms with van der Waals surface area (Å²) in [4.78, 5) is 47.1. The Bertz CT molecular complexity index is 623. The van der Waals surface area contributed by atoms with Gasteiger partial charge in [-0.15, -0.1) is 0 Å². The molecule has 0 spiro atoms. The smallest absolute Gasteiger partial charge is 0.335 e. The molecule has 0 saturated heterocycles. The van der Waals surface area contributed by atoms with E-state index in [9.17, 15) is 19.2 Å². The van der Waals surface area contributed by atoms with Crippen molar-refractivity contribution in [2.75, 3.05) is 13.6 Å². The average Bonchev–Trinajstić information content (AvgIpc) is 2.68. The van der Waals surface area contributed by atoms with Gasteiger partial charge in [-0.1, -0.05) is 0 Å².